The van der Waals surface area contributed by atoms with Crippen molar-refractivity contribution in [1.29, 1.82) is 0 Å². The standard InChI is InChI=1S/C44H72N6O8/c1-12-28(4)38(49(8)41(53)37(27(2)3)47-43(55)44(6)20-15-22-48(44)7)35(56-9)26-36(51)50-23-14-17-34(50)39(57-10)29(5)40(52)46-33(42(54)58-11)25-30-18-19-32-31(24-30)16-13-21-45-32/h18-19,24,27-29,33-35,37-39,45H,12-17,20-23,25-26H2,1-11H3,(H,46,52)(H,47,55)/t28-,29+,33-,34-,35+,37-,38?,39+,44-/m0/s1. The fourth-order valence-electron chi connectivity index (χ4n) is 9.25. The molecule has 0 aromatic heterocycles. The number of esters is 1. The second kappa shape index (κ2) is 21.0. The third-order valence-electron chi connectivity index (χ3n) is 13.3. The number of nitrogens with one attached hydrogen (secondary N) is 3. The molecule has 0 bridgehead atoms. The first-order valence-corrected chi connectivity index (χ1v) is 21.4. The van der Waals surface area contributed by atoms with Crippen LogP contribution in [0.2, 0.25) is 0 Å². The molecule has 4 rings (SSSR count). The second-order valence-corrected chi connectivity index (χ2v) is 17.4. The van der Waals surface area contributed by atoms with E-state index in [4.69, 9.17) is 14.2 Å². The van der Waals surface area contributed by atoms with Crippen LogP contribution in [0.1, 0.15) is 97.6 Å². The summed E-state index contributed by atoms with van der Waals surface area (Å²) in [6, 6.07) is 3.56. The van der Waals surface area contributed by atoms with Crippen molar-refractivity contribution >= 4 is 35.3 Å². The van der Waals surface area contributed by atoms with E-state index >= 15 is 0 Å². The lowest BCUT2D eigenvalue weighted by Gasteiger charge is -2.41. The number of hydrogen-bond donors (Lipinski definition) is 3. The first-order valence-electron chi connectivity index (χ1n) is 21.4. The smallest absolute Gasteiger partial charge is 0.328 e. The molecule has 2 saturated heterocycles. The van der Waals surface area contributed by atoms with Gasteiger partial charge in [-0.25, -0.2) is 4.79 Å². The van der Waals surface area contributed by atoms with Crippen molar-refractivity contribution in [1.82, 2.24) is 25.3 Å². The number of amides is 4. The van der Waals surface area contributed by atoms with E-state index in [1.54, 1.807) is 38.0 Å². The molecule has 0 aliphatic carbocycles. The Morgan fingerprint density at radius 1 is 1.00 bits per heavy atom. The van der Waals surface area contributed by atoms with Crippen LogP contribution < -0.4 is 16.0 Å². The number of nitrogens with zero attached hydrogens (tertiary/aromatic N) is 3. The van der Waals surface area contributed by atoms with Gasteiger partial charge in [0.05, 0.1) is 49.3 Å². The Morgan fingerprint density at radius 3 is 2.33 bits per heavy atom. The van der Waals surface area contributed by atoms with E-state index in [9.17, 15) is 24.0 Å². The van der Waals surface area contributed by atoms with E-state index in [2.05, 4.69) is 22.0 Å². The molecule has 326 valence electrons. The summed E-state index contributed by atoms with van der Waals surface area (Å²) >= 11 is 0. The minimum Gasteiger partial charge on any atom is -0.467 e. The number of carbonyl (C=O) groups excluding carboxylic acids is 5. The van der Waals surface area contributed by atoms with Gasteiger partial charge in [-0.05, 0) is 88.1 Å². The van der Waals surface area contributed by atoms with Gasteiger partial charge in [-0.15, -0.1) is 0 Å². The quantitative estimate of drug-likeness (QED) is 0.176. The number of likely N-dealkylation sites (tertiary alicyclic amines) is 2. The van der Waals surface area contributed by atoms with E-state index in [1.165, 1.54) is 12.7 Å². The molecule has 3 aliphatic rings. The van der Waals surface area contributed by atoms with E-state index < -0.39 is 53.8 Å². The molecular weight excluding hydrogens is 741 g/mol. The Hall–Kier alpha value is -3.75. The van der Waals surface area contributed by atoms with Gasteiger partial charge < -0.3 is 40.0 Å². The van der Waals surface area contributed by atoms with Crippen LogP contribution in [0.3, 0.4) is 0 Å². The molecule has 1 aromatic rings. The Morgan fingerprint density at radius 2 is 1.72 bits per heavy atom. The van der Waals surface area contributed by atoms with Gasteiger partial charge >= 0.3 is 5.97 Å². The van der Waals surface area contributed by atoms with Crippen molar-refractivity contribution in [3.8, 4) is 0 Å². The molecule has 2 fully saturated rings. The number of ether oxygens (including phenoxy) is 3. The molecule has 0 saturated carbocycles. The molecule has 58 heavy (non-hydrogen) atoms. The summed E-state index contributed by atoms with van der Waals surface area (Å²) < 4.78 is 17.1. The zero-order valence-electron chi connectivity index (χ0n) is 37.0. The minimum absolute atomic E-state index is 0.0128. The van der Waals surface area contributed by atoms with Gasteiger partial charge in [-0.1, -0.05) is 53.2 Å². The summed E-state index contributed by atoms with van der Waals surface area (Å²) in [5.74, 6) is -2.34. The van der Waals surface area contributed by atoms with E-state index in [-0.39, 0.29) is 48.3 Å². The largest absolute Gasteiger partial charge is 0.467 e. The number of fused-ring (bicyclic) bond motifs is 1. The van der Waals surface area contributed by atoms with Gasteiger partial charge in [0, 0.05) is 46.5 Å². The number of aryl methyl sites for hydroxylation is 1. The van der Waals surface area contributed by atoms with Crippen LogP contribution in [0, 0.1) is 17.8 Å². The third-order valence-corrected chi connectivity index (χ3v) is 13.3. The number of anilines is 1. The number of rotatable bonds is 19. The molecular formula is C44H72N6O8. The number of carbonyl (C=O) groups is 5. The fraction of sp³-hybridized carbons (Fsp3) is 0.750. The average Bonchev–Trinajstić information content (AvgIpc) is 3.84. The molecule has 14 heteroatoms. The lowest BCUT2D eigenvalue weighted by molar-refractivity contribution is -0.149. The van der Waals surface area contributed by atoms with Gasteiger partial charge in [-0.3, -0.25) is 24.1 Å². The Labute approximate surface area is 346 Å². The first kappa shape index (κ1) is 46.9. The van der Waals surface area contributed by atoms with Crippen LogP contribution in [-0.2, 0) is 51.0 Å². The van der Waals surface area contributed by atoms with E-state index in [0.717, 1.165) is 62.9 Å². The number of benzene rings is 1. The zero-order valence-corrected chi connectivity index (χ0v) is 37.0. The molecule has 3 aliphatic heterocycles. The number of hydrogen-bond acceptors (Lipinski definition) is 10. The normalized spacial score (nSPS) is 23.1. The highest BCUT2D eigenvalue weighted by Gasteiger charge is 2.45. The topological polar surface area (TPSA) is 159 Å². The monoisotopic (exact) mass is 813 g/mol. The summed E-state index contributed by atoms with van der Waals surface area (Å²) in [6.45, 7) is 13.9. The van der Waals surface area contributed by atoms with Crippen molar-refractivity contribution in [2.24, 2.45) is 17.8 Å². The highest BCUT2D eigenvalue weighted by molar-refractivity contribution is 5.92. The van der Waals surface area contributed by atoms with Crippen LogP contribution >= 0.6 is 0 Å². The first-order chi connectivity index (χ1) is 27.5. The Kier molecular flexibility index (Phi) is 17.0. The summed E-state index contributed by atoms with van der Waals surface area (Å²) in [6.07, 6.45) is 4.73. The van der Waals surface area contributed by atoms with Gasteiger partial charge in [0.2, 0.25) is 23.6 Å². The number of methoxy groups -OCH3 is 3. The molecule has 3 heterocycles. The molecule has 14 nitrogen and oxygen atoms in total. The van der Waals surface area contributed by atoms with Crippen LogP contribution in [0.25, 0.3) is 0 Å². The van der Waals surface area contributed by atoms with Crippen molar-refractivity contribution in [2.45, 2.75) is 141 Å². The van der Waals surface area contributed by atoms with E-state index in [0.29, 0.717) is 13.0 Å². The molecule has 4 amide bonds. The van der Waals surface area contributed by atoms with E-state index in [1.807, 2.05) is 58.7 Å². The molecule has 0 spiro atoms. The lowest BCUT2D eigenvalue weighted by Crippen LogP contribution is -2.61. The summed E-state index contributed by atoms with van der Waals surface area (Å²) in [4.78, 5) is 74.6. The van der Waals surface area contributed by atoms with Crippen molar-refractivity contribution in [3.05, 3.63) is 29.3 Å². The maximum Gasteiger partial charge on any atom is 0.328 e. The van der Waals surface area contributed by atoms with Gasteiger partial charge in [0.1, 0.15) is 12.1 Å². The van der Waals surface area contributed by atoms with Crippen LogP contribution in [0.4, 0.5) is 5.69 Å². The van der Waals surface area contributed by atoms with Crippen LogP contribution in [0.5, 0.6) is 0 Å². The predicted octanol–water partition coefficient (Wildman–Crippen LogP) is 3.79. The summed E-state index contributed by atoms with van der Waals surface area (Å²) in [5.41, 5.74) is 2.52. The van der Waals surface area contributed by atoms with Crippen molar-refractivity contribution in [2.75, 3.05) is 60.4 Å². The summed E-state index contributed by atoms with van der Waals surface area (Å²) in [5, 5.41) is 9.42. The van der Waals surface area contributed by atoms with Crippen LogP contribution in [0.15, 0.2) is 18.2 Å². The number of likely N-dealkylation sites (N-methyl/N-ethyl adjacent to an activating group) is 2. The maximum absolute atomic E-state index is 14.3. The molecule has 1 aromatic carbocycles. The van der Waals surface area contributed by atoms with Crippen LogP contribution in [-0.4, -0.2) is 141 Å². The van der Waals surface area contributed by atoms with Gasteiger partial charge in [-0.2, -0.15) is 0 Å². The predicted molar refractivity (Wildman–Crippen MR) is 224 cm³/mol. The maximum atomic E-state index is 14.3. The fourth-order valence-corrected chi connectivity index (χ4v) is 9.25. The molecule has 9 atom stereocenters. The zero-order chi connectivity index (χ0) is 42.9. The second-order valence-electron chi connectivity index (χ2n) is 17.4. The summed E-state index contributed by atoms with van der Waals surface area (Å²) in [7, 11) is 8.10. The Bertz CT molecular complexity index is 1590. The van der Waals surface area contributed by atoms with Crippen molar-refractivity contribution in [3.63, 3.8) is 0 Å². The van der Waals surface area contributed by atoms with Gasteiger partial charge in [0.15, 0.2) is 0 Å². The Balaban J connectivity index is 1.47. The molecule has 1 unspecified atom stereocenters. The van der Waals surface area contributed by atoms with Gasteiger partial charge in [0.25, 0.3) is 0 Å². The third kappa shape index (κ3) is 10.7. The lowest BCUT2D eigenvalue weighted by atomic mass is 9.89. The minimum atomic E-state index is -0.899. The average molecular weight is 813 g/mol. The highest BCUT2D eigenvalue weighted by Crippen LogP contribution is 2.31. The SMILES string of the molecule is CC[C@H](C)C([C@@H](CC(=O)N1CCC[C@H]1[C@H](OC)[C@@H](C)C(=O)N[C@@H](Cc1ccc2c(c1)CCCN2)C(=O)OC)OC)N(C)C(=O)[C@@H](NC(=O)[C@]1(C)CCCN1C)C(C)C. The highest BCUT2D eigenvalue weighted by atomic mass is 16.5. The van der Waals surface area contributed by atoms with Crippen molar-refractivity contribution < 1.29 is 38.2 Å². The molecule has 3 N–H and O–H groups in total. The molecule has 0 radical (unpaired) electrons.